The summed E-state index contributed by atoms with van der Waals surface area (Å²) in [4.78, 5) is 17.6. The number of nitrogens with zero attached hydrogens (tertiary/aromatic N) is 2. The fraction of sp³-hybridized carbons (Fsp3) is 0.591. The zero-order valence-electron chi connectivity index (χ0n) is 16.4. The number of methoxy groups -OCH3 is 1. The maximum Gasteiger partial charge on any atom is 0.227 e. The number of allylic oxidation sites excluding steroid dienone is 1. The van der Waals surface area contributed by atoms with Crippen molar-refractivity contribution in [2.24, 2.45) is 5.92 Å². The van der Waals surface area contributed by atoms with E-state index in [1.165, 1.54) is 6.42 Å². The Morgan fingerprint density at radius 1 is 1.41 bits per heavy atom. The lowest BCUT2D eigenvalue weighted by Gasteiger charge is -2.53. The second kappa shape index (κ2) is 5.74. The van der Waals surface area contributed by atoms with E-state index in [-0.39, 0.29) is 23.1 Å². The van der Waals surface area contributed by atoms with E-state index in [4.69, 9.17) is 4.74 Å². The molecule has 1 aliphatic carbocycles. The van der Waals surface area contributed by atoms with Gasteiger partial charge in [-0.2, -0.15) is 0 Å². The van der Waals surface area contributed by atoms with Gasteiger partial charge < -0.3 is 14.7 Å². The van der Waals surface area contributed by atoms with Gasteiger partial charge in [-0.15, -0.1) is 0 Å². The Balaban J connectivity index is 1.79. The molecule has 5 nitrogen and oxygen atoms in total. The smallest absolute Gasteiger partial charge is 0.227 e. The highest BCUT2D eigenvalue weighted by Crippen LogP contribution is 2.64. The lowest BCUT2D eigenvalue weighted by molar-refractivity contribution is -0.119. The predicted molar refractivity (Wildman–Crippen MR) is 104 cm³/mol. The van der Waals surface area contributed by atoms with Gasteiger partial charge in [0.25, 0.3) is 0 Å². The van der Waals surface area contributed by atoms with Crippen LogP contribution in [-0.4, -0.2) is 48.2 Å². The number of carbonyl (C=O) groups excluding carboxylic acids is 1. The van der Waals surface area contributed by atoms with E-state index in [2.05, 4.69) is 24.0 Å². The Morgan fingerprint density at radius 3 is 2.93 bits per heavy atom. The SMILES string of the molecule is CC=C1C2CCN3CCC4(c5ccc(OC)c(O)c5N(C(=O)CC)C4C2)C13. The molecule has 3 aliphatic heterocycles. The molecule has 4 atom stereocenters. The van der Waals surface area contributed by atoms with Crippen molar-refractivity contribution in [2.45, 2.75) is 57.0 Å². The Morgan fingerprint density at radius 2 is 2.22 bits per heavy atom. The van der Waals surface area contributed by atoms with Crippen molar-refractivity contribution >= 4 is 11.6 Å². The quantitative estimate of drug-likeness (QED) is 0.815. The maximum absolute atomic E-state index is 13.1. The van der Waals surface area contributed by atoms with Crippen molar-refractivity contribution in [3.05, 3.63) is 29.3 Å². The molecule has 0 radical (unpaired) electrons. The normalized spacial score (nSPS) is 35.3. The zero-order valence-corrected chi connectivity index (χ0v) is 16.4. The van der Waals surface area contributed by atoms with E-state index < -0.39 is 0 Å². The molecular weight excluding hydrogens is 340 g/mol. The van der Waals surface area contributed by atoms with Crippen molar-refractivity contribution in [1.29, 1.82) is 0 Å². The van der Waals surface area contributed by atoms with Crippen molar-refractivity contribution < 1.29 is 14.6 Å². The van der Waals surface area contributed by atoms with Crippen LogP contribution in [0.2, 0.25) is 0 Å². The number of hydrogen-bond acceptors (Lipinski definition) is 4. The van der Waals surface area contributed by atoms with E-state index >= 15 is 0 Å². The summed E-state index contributed by atoms with van der Waals surface area (Å²) < 4.78 is 5.38. The van der Waals surface area contributed by atoms with Crippen LogP contribution in [0.25, 0.3) is 0 Å². The fourth-order valence-corrected chi connectivity index (χ4v) is 6.62. The monoisotopic (exact) mass is 368 g/mol. The molecule has 4 unspecified atom stereocenters. The number of piperidine rings is 1. The lowest BCUT2D eigenvalue weighted by atomic mass is 9.58. The molecular formula is C22H28N2O3. The third-order valence-corrected chi connectivity index (χ3v) is 7.61. The van der Waals surface area contributed by atoms with Gasteiger partial charge in [-0.3, -0.25) is 9.69 Å². The van der Waals surface area contributed by atoms with E-state index in [0.717, 1.165) is 31.5 Å². The molecule has 1 N–H and O–H groups in total. The molecule has 5 heteroatoms. The Kier molecular flexibility index (Phi) is 3.64. The highest BCUT2D eigenvalue weighted by atomic mass is 16.5. The largest absolute Gasteiger partial charge is 0.503 e. The van der Waals surface area contributed by atoms with Crippen molar-refractivity contribution in [3.8, 4) is 11.5 Å². The summed E-state index contributed by atoms with van der Waals surface area (Å²) in [6.45, 7) is 6.27. The highest BCUT2D eigenvalue weighted by Gasteiger charge is 2.66. The molecule has 1 spiro atoms. The number of anilines is 1. The van der Waals surface area contributed by atoms with Gasteiger partial charge in [0.1, 0.15) is 0 Å². The number of fused-ring (bicyclic) bond motifs is 2. The fourth-order valence-electron chi connectivity index (χ4n) is 6.62. The van der Waals surface area contributed by atoms with Gasteiger partial charge in [0.15, 0.2) is 11.5 Å². The molecule has 2 saturated heterocycles. The zero-order chi connectivity index (χ0) is 18.9. The Labute approximate surface area is 160 Å². The molecule has 5 rings (SSSR count). The third-order valence-electron chi connectivity index (χ3n) is 7.61. The second-order valence-electron chi connectivity index (χ2n) is 8.38. The average molecular weight is 368 g/mol. The minimum atomic E-state index is -0.108. The summed E-state index contributed by atoms with van der Waals surface area (Å²) >= 11 is 0. The van der Waals surface area contributed by atoms with Crippen LogP contribution in [0.5, 0.6) is 11.5 Å². The van der Waals surface area contributed by atoms with Gasteiger partial charge in [-0.1, -0.05) is 24.6 Å². The Hall–Kier alpha value is -2.01. The first-order chi connectivity index (χ1) is 13.1. The minimum absolute atomic E-state index is 0.0992. The number of benzene rings is 1. The maximum atomic E-state index is 13.1. The first kappa shape index (κ1) is 17.1. The van der Waals surface area contributed by atoms with Crippen molar-refractivity contribution in [2.75, 3.05) is 25.1 Å². The molecule has 3 heterocycles. The molecule has 4 aliphatic rings. The van der Waals surface area contributed by atoms with Crippen molar-refractivity contribution in [1.82, 2.24) is 4.90 Å². The van der Waals surface area contributed by atoms with Crippen LogP contribution in [0.3, 0.4) is 0 Å². The number of hydrogen-bond donors (Lipinski definition) is 1. The number of aromatic hydroxyl groups is 1. The summed E-state index contributed by atoms with van der Waals surface area (Å²) in [6, 6.07) is 4.45. The van der Waals surface area contributed by atoms with Gasteiger partial charge in [-0.05, 0) is 56.8 Å². The summed E-state index contributed by atoms with van der Waals surface area (Å²) in [6.07, 6.45) is 5.96. The lowest BCUT2D eigenvalue weighted by Crippen LogP contribution is -2.61. The Bertz CT molecular complexity index is 848. The van der Waals surface area contributed by atoms with Crippen LogP contribution in [0.15, 0.2) is 23.8 Å². The summed E-state index contributed by atoms with van der Waals surface area (Å²) in [5.41, 5.74) is 3.28. The van der Waals surface area contributed by atoms with Gasteiger partial charge in [-0.25, -0.2) is 0 Å². The molecule has 1 saturated carbocycles. The van der Waals surface area contributed by atoms with Crippen LogP contribution >= 0.6 is 0 Å². The molecule has 1 aromatic rings. The van der Waals surface area contributed by atoms with E-state index in [9.17, 15) is 9.90 Å². The standard InChI is InChI=1S/C22H28N2O3/c1-4-14-13-8-10-23-11-9-22(21(14)23)15-6-7-16(27-3)20(26)19(15)24(17(22)12-13)18(25)5-2/h4,6-7,13,17,21,26H,5,8-12H2,1-3H3. The highest BCUT2D eigenvalue weighted by molar-refractivity contribution is 6.00. The number of rotatable bonds is 2. The number of phenolic OH excluding ortho intramolecular Hbond substituents is 1. The van der Waals surface area contributed by atoms with Gasteiger partial charge >= 0.3 is 0 Å². The predicted octanol–water partition coefficient (Wildman–Crippen LogP) is 3.21. The average Bonchev–Trinajstić information content (AvgIpc) is 3.23. The number of carbonyl (C=O) groups is 1. The minimum Gasteiger partial charge on any atom is -0.503 e. The van der Waals surface area contributed by atoms with E-state index in [1.54, 1.807) is 12.7 Å². The molecule has 1 aromatic carbocycles. The van der Waals surface area contributed by atoms with Crippen LogP contribution in [0.1, 0.15) is 45.1 Å². The molecule has 1 amide bonds. The van der Waals surface area contributed by atoms with Gasteiger partial charge in [0, 0.05) is 23.9 Å². The van der Waals surface area contributed by atoms with Crippen LogP contribution < -0.4 is 9.64 Å². The number of phenols is 1. The van der Waals surface area contributed by atoms with Gasteiger partial charge in [0.05, 0.1) is 12.8 Å². The van der Waals surface area contributed by atoms with E-state index in [1.807, 2.05) is 17.9 Å². The summed E-state index contributed by atoms with van der Waals surface area (Å²) in [5, 5.41) is 11.0. The molecule has 0 aromatic heterocycles. The number of amides is 1. The topological polar surface area (TPSA) is 53.0 Å². The first-order valence-corrected chi connectivity index (χ1v) is 10.2. The van der Waals surface area contributed by atoms with Crippen LogP contribution in [-0.2, 0) is 10.2 Å². The van der Waals surface area contributed by atoms with Crippen LogP contribution in [0, 0.1) is 5.92 Å². The second-order valence-corrected chi connectivity index (χ2v) is 8.38. The number of ether oxygens (including phenoxy) is 1. The molecule has 27 heavy (non-hydrogen) atoms. The first-order valence-electron chi connectivity index (χ1n) is 10.2. The third kappa shape index (κ3) is 1.91. The molecule has 3 fully saturated rings. The van der Waals surface area contributed by atoms with E-state index in [0.29, 0.717) is 29.8 Å². The van der Waals surface area contributed by atoms with Gasteiger partial charge in [0.2, 0.25) is 5.91 Å². The summed E-state index contributed by atoms with van der Waals surface area (Å²) in [5.74, 6) is 1.21. The summed E-state index contributed by atoms with van der Waals surface area (Å²) in [7, 11) is 1.57. The molecule has 2 bridgehead atoms. The van der Waals surface area contributed by atoms with Crippen LogP contribution in [0.4, 0.5) is 5.69 Å². The van der Waals surface area contributed by atoms with Crippen molar-refractivity contribution in [3.63, 3.8) is 0 Å². The molecule has 144 valence electrons.